The van der Waals surface area contributed by atoms with Crippen LogP contribution in [0, 0.1) is 0 Å². The number of thiophene rings is 1. The molecule has 2 amide bonds. The third-order valence-electron chi connectivity index (χ3n) is 3.24. The summed E-state index contributed by atoms with van der Waals surface area (Å²) < 4.78 is 5.17. The van der Waals surface area contributed by atoms with E-state index in [1.807, 2.05) is 19.0 Å². The summed E-state index contributed by atoms with van der Waals surface area (Å²) in [5.74, 6) is -0.854. The molecule has 8 heteroatoms. The molecule has 0 saturated carbocycles. The van der Waals surface area contributed by atoms with Crippen molar-refractivity contribution in [2.45, 2.75) is 12.6 Å². The maximum Gasteiger partial charge on any atom is 0.309 e. The van der Waals surface area contributed by atoms with Gasteiger partial charge in [-0.15, -0.1) is 11.3 Å². The fraction of sp³-hybridized carbons (Fsp3) is 0.375. The molecule has 0 fully saturated rings. The maximum atomic E-state index is 11.7. The molecule has 0 aliphatic rings. The molecule has 24 heavy (non-hydrogen) atoms. The lowest BCUT2D eigenvalue weighted by molar-refractivity contribution is -0.139. The van der Waals surface area contributed by atoms with E-state index in [2.05, 4.69) is 10.6 Å². The second kappa shape index (κ2) is 8.62. The van der Waals surface area contributed by atoms with E-state index < -0.39 is 17.9 Å². The number of nitrogens with one attached hydrogen (secondary N) is 2. The minimum absolute atomic E-state index is 0.232. The van der Waals surface area contributed by atoms with Gasteiger partial charge in [0.05, 0.1) is 12.8 Å². The molecule has 130 valence electrons. The van der Waals surface area contributed by atoms with Crippen molar-refractivity contribution < 1.29 is 19.1 Å². The number of carbonyl (C=O) groups is 2. The van der Waals surface area contributed by atoms with E-state index in [1.54, 1.807) is 24.3 Å². The number of amides is 2. The number of nitrogens with zero attached hydrogens (tertiary/aromatic N) is 1. The Balaban J connectivity index is 1.80. The largest absolute Gasteiger partial charge is 0.466 e. The van der Waals surface area contributed by atoms with Gasteiger partial charge in [-0.3, -0.25) is 9.59 Å². The van der Waals surface area contributed by atoms with E-state index in [0.717, 1.165) is 4.88 Å². The summed E-state index contributed by atoms with van der Waals surface area (Å²) in [4.78, 5) is 26.8. The fourth-order valence-corrected chi connectivity index (χ4v) is 2.89. The van der Waals surface area contributed by atoms with Crippen molar-refractivity contribution in [3.8, 4) is 0 Å². The summed E-state index contributed by atoms with van der Waals surface area (Å²) in [6.45, 7) is 1.31. The molecule has 1 atom stereocenters. The van der Waals surface area contributed by atoms with Crippen molar-refractivity contribution in [3.05, 3.63) is 46.0 Å². The Morgan fingerprint density at radius 2 is 2.00 bits per heavy atom. The third kappa shape index (κ3) is 5.19. The Bertz CT molecular complexity index is 667. The van der Waals surface area contributed by atoms with Crippen LogP contribution >= 0.6 is 11.3 Å². The van der Waals surface area contributed by atoms with Crippen LogP contribution in [0.2, 0.25) is 0 Å². The third-order valence-corrected chi connectivity index (χ3v) is 4.38. The molecule has 2 rings (SSSR count). The van der Waals surface area contributed by atoms with Crippen LogP contribution in [0.15, 0.2) is 34.9 Å². The van der Waals surface area contributed by atoms with Gasteiger partial charge in [0.25, 0.3) is 0 Å². The molecule has 7 nitrogen and oxygen atoms in total. The lowest BCUT2D eigenvalue weighted by Gasteiger charge is -2.10. The van der Waals surface area contributed by atoms with Crippen molar-refractivity contribution in [1.82, 2.24) is 15.5 Å². The van der Waals surface area contributed by atoms with Gasteiger partial charge >= 0.3 is 11.8 Å². The highest BCUT2D eigenvalue weighted by Gasteiger charge is 2.17. The molecule has 0 aromatic carbocycles. The normalized spacial score (nSPS) is 12.2. The molecule has 0 radical (unpaired) electrons. The monoisotopic (exact) mass is 351 g/mol. The van der Waals surface area contributed by atoms with Gasteiger partial charge in [0, 0.05) is 22.8 Å². The predicted molar refractivity (Wildman–Crippen MR) is 90.5 cm³/mol. The number of furan rings is 1. The van der Waals surface area contributed by atoms with Crippen LogP contribution in [0.1, 0.15) is 21.6 Å². The molecule has 0 spiro atoms. The first-order valence-electron chi connectivity index (χ1n) is 7.48. The zero-order valence-corrected chi connectivity index (χ0v) is 14.4. The van der Waals surface area contributed by atoms with Crippen LogP contribution in [-0.2, 0) is 16.1 Å². The molecule has 3 N–H and O–H groups in total. The zero-order chi connectivity index (χ0) is 17.5. The van der Waals surface area contributed by atoms with E-state index in [-0.39, 0.29) is 6.54 Å². The summed E-state index contributed by atoms with van der Waals surface area (Å²) in [5, 5.41) is 15.3. The Morgan fingerprint density at radius 3 is 2.67 bits per heavy atom. The first-order valence-corrected chi connectivity index (χ1v) is 8.30. The number of rotatable bonds is 7. The van der Waals surface area contributed by atoms with E-state index in [9.17, 15) is 14.7 Å². The number of aliphatic hydroxyl groups excluding tert-OH is 1. The van der Waals surface area contributed by atoms with Crippen LogP contribution in [-0.4, -0.2) is 49.0 Å². The second-order valence-electron chi connectivity index (χ2n) is 5.46. The summed E-state index contributed by atoms with van der Waals surface area (Å²) >= 11 is 1.35. The molecule has 0 saturated heterocycles. The Morgan fingerprint density at radius 1 is 1.25 bits per heavy atom. The van der Waals surface area contributed by atoms with Gasteiger partial charge in [0.2, 0.25) is 0 Å². The van der Waals surface area contributed by atoms with Crippen LogP contribution in [0.3, 0.4) is 0 Å². The number of likely N-dealkylation sites (N-methyl/N-ethyl adjacent to an activating group) is 1. The predicted octanol–water partition coefficient (Wildman–Crippen LogP) is 0.717. The van der Waals surface area contributed by atoms with E-state index in [1.165, 1.54) is 17.6 Å². The zero-order valence-electron chi connectivity index (χ0n) is 13.6. The minimum Gasteiger partial charge on any atom is -0.466 e. The lowest BCUT2D eigenvalue weighted by atomic mass is 10.2. The highest BCUT2D eigenvalue weighted by molar-refractivity contribution is 7.12. The van der Waals surface area contributed by atoms with E-state index in [4.69, 9.17) is 4.42 Å². The van der Waals surface area contributed by atoms with Gasteiger partial charge in [-0.05, 0) is 38.4 Å². The molecule has 2 aromatic heterocycles. The Kier molecular flexibility index (Phi) is 6.53. The molecule has 0 aliphatic carbocycles. The summed E-state index contributed by atoms with van der Waals surface area (Å²) in [6, 6.07) is 6.99. The molecule has 0 aliphatic heterocycles. The minimum atomic E-state index is -0.830. The topological polar surface area (TPSA) is 94.8 Å². The van der Waals surface area contributed by atoms with Gasteiger partial charge in [-0.1, -0.05) is 0 Å². The first-order chi connectivity index (χ1) is 11.5. The number of hydrogen-bond donors (Lipinski definition) is 3. The van der Waals surface area contributed by atoms with Crippen molar-refractivity contribution in [3.63, 3.8) is 0 Å². The summed E-state index contributed by atoms with van der Waals surface area (Å²) in [6.07, 6.45) is 0.672. The van der Waals surface area contributed by atoms with Crippen molar-refractivity contribution in [1.29, 1.82) is 0 Å². The van der Waals surface area contributed by atoms with Crippen LogP contribution in [0.5, 0.6) is 0 Å². The van der Waals surface area contributed by atoms with Gasteiger partial charge in [0.1, 0.15) is 11.9 Å². The highest BCUT2D eigenvalue weighted by Crippen LogP contribution is 2.28. The van der Waals surface area contributed by atoms with Gasteiger partial charge in [0.15, 0.2) is 0 Å². The molecule has 1 unspecified atom stereocenters. The van der Waals surface area contributed by atoms with Crippen LogP contribution < -0.4 is 10.6 Å². The fourth-order valence-electron chi connectivity index (χ4n) is 1.94. The standard InChI is InChI=1S/C16H21N3O4S/c1-19(2)8-7-17-15(21)16(22)18-10-11-5-6-13(24-11)14(20)12-4-3-9-23-12/h3-6,9,14,20H,7-8,10H2,1-2H3,(H,17,21)(H,18,22). The number of hydrogen-bond acceptors (Lipinski definition) is 6. The van der Waals surface area contributed by atoms with E-state index in [0.29, 0.717) is 23.7 Å². The highest BCUT2D eigenvalue weighted by atomic mass is 32.1. The molecular formula is C16H21N3O4S. The maximum absolute atomic E-state index is 11.7. The van der Waals surface area contributed by atoms with Crippen LogP contribution in [0.4, 0.5) is 0 Å². The molecular weight excluding hydrogens is 330 g/mol. The average molecular weight is 351 g/mol. The van der Waals surface area contributed by atoms with Crippen molar-refractivity contribution in [2.75, 3.05) is 27.2 Å². The molecule has 2 aromatic rings. The number of aliphatic hydroxyl groups is 1. The van der Waals surface area contributed by atoms with E-state index >= 15 is 0 Å². The van der Waals surface area contributed by atoms with Gasteiger partial charge in [-0.25, -0.2) is 0 Å². The van der Waals surface area contributed by atoms with Gasteiger partial charge < -0.3 is 25.1 Å². The average Bonchev–Trinajstić information content (AvgIpc) is 3.23. The SMILES string of the molecule is CN(C)CCNC(=O)C(=O)NCc1ccc(C(O)c2ccco2)s1. The second-order valence-corrected chi connectivity index (χ2v) is 6.66. The van der Waals surface area contributed by atoms with Gasteiger partial charge in [-0.2, -0.15) is 0 Å². The van der Waals surface area contributed by atoms with Crippen molar-refractivity contribution >= 4 is 23.2 Å². The quantitative estimate of drug-likeness (QED) is 0.639. The first kappa shape index (κ1) is 18.2. The summed E-state index contributed by atoms with van der Waals surface area (Å²) in [7, 11) is 3.77. The number of carbonyl (C=O) groups excluding carboxylic acids is 2. The smallest absolute Gasteiger partial charge is 0.309 e. The summed E-state index contributed by atoms with van der Waals surface area (Å²) in [5.41, 5.74) is 0. The van der Waals surface area contributed by atoms with Crippen LogP contribution in [0.25, 0.3) is 0 Å². The molecule has 2 heterocycles. The molecule has 0 bridgehead atoms. The van der Waals surface area contributed by atoms with Crippen molar-refractivity contribution in [2.24, 2.45) is 0 Å². The Hall–Kier alpha value is -2.16. The Labute approximate surface area is 144 Å². The lowest BCUT2D eigenvalue weighted by Crippen LogP contribution is -2.41.